The van der Waals surface area contributed by atoms with Crippen molar-refractivity contribution in [3.63, 3.8) is 0 Å². The molecule has 1 fully saturated rings. The molecule has 0 N–H and O–H groups in total. The van der Waals surface area contributed by atoms with Gasteiger partial charge in [0.15, 0.2) is 0 Å². The third kappa shape index (κ3) is 4.54. The lowest BCUT2D eigenvalue weighted by Crippen LogP contribution is -2.53. The van der Waals surface area contributed by atoms with Crippen LogP contribution in [0.15, 0.2) is 24.3 Å². The molecule has 0 aromatic heterocycles. The Hall–Kier alpha value is -0.380. The quantitative estimate of drug-likeness (QED) is 0.432. The highest BCUT2D eigenvalue weighted by Crippen LogP contribution is 2.59. The number of benzene rings is 1. The number of hydrogen-bond donors (Lipinski definition) is 0. The molecule has 0 spiro atoms. The summed E-state index contributed by atoms with van der Waals surface area (Å²) in [4.78, 5) is 0. The van der Waals surface area contributed by atoms with Gasteiger partial charge in [-0.15, -0.1) is 0 Å². The van der Waals surface area contributed by atoms with Gasteiger partial charge in [-0.3, -0.25) is 9.05 Å². The largest absolute Gasteiger partial charge is 0.408 e. The SMILES string of the molecule is CCOP(=O)(OCC)N(C)C(CC(C)C)C1(c2ccc(Cl)cc2)CCC1. The van der Waals surface area contributed by atoms with E-state index in [-0.39, 0.29) is 11.5 Å². The van der Waals surface area contributed by atoms with Gasteiger partial charge < -0.3 is 0 Å². The fourth-order valence-electron chi connectivity index (χ4n) is 4.05. The monoisotopic (exact) mass is 401 g/mol. The Balaban J connectivity index is 2.44. The van der Waals surface area contributed by atoms with Crippen LogP contribution in [0.5, 0.6) is 0 Å². The average molecular weight is 402 g/mol. The maximum absolute atomic E-state index is 13.5. The van der Waals surface area contributed by atoms with Gasteiger partial charge in [0.2, 0.25) is 0 Å². The van der Waals surface area contributed by atoms with Crippen molar-refractivity contribution in [3.8, 4) is 0 Å². The van der Waals surface area contributed by atoms with E-state index in [4.69, 9.17) is 20.6 Å². The summed E-state index contributed by atoms with van der Waals surface area (Å²) < 4.78 is 26.7. The molecule has 1 aromatic rings. The van der Waals surface area contributed by atoms with Crippen LogP contribution in [0.25, 0.3) is 0 Å². The molecule has 0 amide bonds. The normalized spacial score (nSPS) is 18.2. The predicted molar refractivity (Wildman–Crippen MR) is 109 cm³/mol. The maximum Gasteiger partial charge on any atom is 0.408 e. The van der Waals surface area contributed by atoms with Crippen LogP contribution in [0, 0.1) is 5.92 Å². The van der Waals surface area contributed by atoms with Crippen LogP contribution >= 0.6 is 19.3 Å². The third-order valence-corrected chi connectivity index (χ3v) is 7.89. The van der Waals surface area contributed by atoms with Crippen molar-refractivity contribution in [2.24, 2.45) is 5.92 Å². The van der Waals surface area contributed by atoms with Crippen LogP contribution in [0.2, 0.25) is 5.02 Å². The van der Waals surface area contributed by atoms with Gasteiger partial charge in [-0.2, -0.15) is 0 Å². The molecule has 1 atom stereocenters. The zero-order valence-electron chi connectivity index (χ0n) is 16.7. The van der Waals surface area contributed by atoms with Crippen LogP contribution in [0.4, 0.5) is 0 Å². The molecule has 4 nitrogen and oxygen atoms in total. The highest BCUT2D eigenvalue weighted by atomic mass is 35.5. The Bertz CT molecular complexity index is 606. The van der Waals surface area contributed by atoms with E-state index in [0.717, 1.165) is 24.3 Å². The van der Waals surface area contributed by atoms with Crippen molar-refractivity contribution in [1.29, 1.82) is 0 Å². The number of rotatable bonds is 10. The Labute approximate surface area is 163 Å². The highest BCUT2D eigenvalue weighted by Gasteiger charge is 2.51. The molecule has 2 rings (SSSR count). The van der Waals surface area contributed by atoms with E-state index in [1.807, 2.05) is 37.7 Å². The Morgan fingerprint density at radius 2 is 1.69 bits per heavy atom. The van der Waals surface area contributed by atoms with E-state index in [1.54, 1.807) is 0 Å². The van der Waals surface area contributed by atoms with E-state index >= 15 is 0 Å². The first-order valence-corrected chi connectivity index (χ1v) is 11.5. The van der Waals surface area contributed by atoms with Crippen LogP contribution < -0.4 is 0 Å². The maximum atomic E-state index is 13.5. The van der Waals surface area contributed by atoms with E-state index < -0.39 is 7.75 Å². The lowest BCUT2D eigenvalue weighted by Gasteiger charge is -2.52. The first kappa shape index (κ1) is 21.9. The Morgan fingerprint density at radius 3 is 2.08 bits per heavy atom. The van der Waals surface area contributed by atoms with Crippen LogP contribution in [0.1, 0.15) is 58.9 Å². The molecule has 1 aliphatic carbocycles. The minimum atomic E-state index is -3.32. The van der Waals surface area contributed by atoms with Gasteiger partial charge in [0.1, 0.15) is 0 Å². The van der Waals surface area contributed by atoms with Crippen LogP contribution in [-0.2, 0) is 19.0 Å². The highest BCUT2D eigenvalue weighted by molar-refractivity contribution is 7.51. The molecular weight excluding hydrogens is 369 g/mol. The lowest BCUT2D eigenvalue weighted by molar-refractivity contribution is 0.0764. The summed E-state index contributed by atoms with van der Waals surface area (Å²) in [6.45, 7) is 8.86. The minimum absolute atomic E-state index is 0.0343. The fourth-order valence-corrected chi connectivity index (χ4v) is 5.93. The zero-order valence-corrected chi connectivity index (χ0v) is 18.4. The van der Waals surface area contributed by atoms with Gasteiger partial charge in [-0.05, 0) is 63.8 Å². The van der Waals surface area contributed by atoms with Crippen molar-refractivity contribution < 1.29 is 13.6 Å². The summed E-state index contributed by atoms with van der Waals surface area (Å²) >= 11 is 6.11. The van der Waals surface area contributed by atoms with Gasteiger partial charge in [-0.1, -0.05) is 44.0 Å². The van der Waals surface area contributed by atoms with Crippen LogP contribution in [-0.4, -0.2) is 31.0 Å². The van der Waals surface area contributed by atoms with Crippen molar-refractivity contribution >= 4 is 19.3 Å². The summed E-state index contributed by atoms with van der Waals surface area (Å²) in [5.41, 5.74) is 1.23. The smallest absolute Gasteiger partial charge is 0.297 e. The van der Waals surface area contributed by atoms with E-state index in [0.29, 0.717) is 19.1 Å². The van der Waals surface area contributed by atoms with E-state index in [1.165, 1.54) is 12.0 Å². The summed E-state index contributed by atoms with van der Waals surface area (Å²) in [7, 11) is -1.42. The molecule has 0 saturated heterocycles. The second kappa shape index (κ2) is 9.21. The third-order valence-electron chi connectivity index (χ3n) is 5.42. The van der Waals surface area contributed by atoms with Crippen molar-refractivity contribution in [2.75, 3.05) is 20.3 Å². The summed E-state index contributed by atoms with van der Waals surface area (Å²) in [6, 6.07) is 8.23. The molecular formula is C20H33ClNO3P. The number of halogens is 1. The van der Waals surface area contributed by atoms with Gasteiger partial charge in [0.25, 0.3) is 0 Å². The molecule has 0 radical (unpaired) electrons. The van der Waals surface area contributed by atoms with E-state index in [9.17, 15) is 4.57 Å². The van der Waals surface area contributed by atoms with Crippen molar-refractivity contribution in [3.05, 3.63) is 34.9 Å². The molecule has 1 aromatic carbocycles. The molecule has 26 heavy (non-hydrogen) atoms. The van der Waals surface area contributed by atoms with Gasteiger partial charge in [0, 0.05) is 16.5 Å². The second-order valence-corrected chi connectivity index (χ2v) is 10.1. The van der Waals surface area contributed by atoms with Crippen molar-refractivity contribution in [2.45, 2.75) is 64.8 Å². The molecule has 6 heteroatoms. The summed E-state index contributed by atoms with van der Waals surface area (Å²) in [5, 5.41) is 0.742. The van der Waals surface area contributed by atoms with Crippen LogP contribution in [0.3, 0.4) is 0 Å². The van der Waals surface area contributed by atoms with Crippen molar-refractivity contribution in [1.82, 2.24) is 4.67 Å². The molecule has 1 unspecified atom stereocenters. The minimum Gasteiger partial charge on any atom is -0.297 e. The Morgan fingerprint density at radius 1 is 1.15 bits per heavy atom. The summed E-state index contributed by atoms with van der Waals surface area (Å²) in [6.07, 6.45) is 4.27. The Kier molecular flexibility index (Phi) is 7.76. The number of hydrogen-bond acceptors (Lipinski definition) is 3. The first-order chi connectivity index (χ1) is 12.3. The number of nitrogens with zero attached hydrogens (tertiary/aromatic N) is 1. The molecule has 0 aliphatic heterocycles. The number of likely N-dealkylation sites (N-methyl/N-ethyl adjacent to an activating group) is 1. The first-order valence-electron chi connectivity index (χ1n) is 9.67. The van der Waals surface area contributed by atoms with Gasteiger partial charge in [-0.25, -0.2) is 9.24 Å². The average Bonchev–Trinajstić information content (AvgIpc) is 2.54. The van der Waals surface area contributed by atoms with Gasteiger partial charge in [0.05, 0.1) is 13.2 Å². The molecule has 1 aliphatic rings. The predicted octanol–water partition coefficient (Wildman–Crippen LogP) is 6.29. The van der Waals surface area contributed by atoms with E-state index in [2.05, 4.69) is 26.0 Å². The second-order valence-electron chi connectivity index (χ2n) is 7.54. The van der Waals surface area contributed by atoms with Gasteiger partial charge >= 0.3 is 7.75 Å². The summed E-state index contributed by atoms with van der Waals surface area (Å²) in [5.74, 6) is 0.476. The fraction of sp³-hybridized carbons (Fsp3) is 0.700. The topological polar surface area (TPSA) is 38.8 Å². The molecule has 148 valence electrons. The lowest BCUT2D eigenvalue weighted by atomic mass is 9.59. The molecule has 0 heterocycles. The zero-order chi connectivity index (χ0) is 19.4. The molecule has 1 saturated carbocycles. The molecule has 0 bridgehead atoms. The standard InChI is InChI=1S/C20H33ClNO3P/c1-6-24-26(23,25-7-2)22(5)19(15-16(3)4)20(13-8-14-20)17-9-11-18(21)12-10-17/h9-12,16,19H,6-8,13-15H2,1-5H3.